The molecule has 1 saturated carbocycles. The molecule has 6 nitrogen and oxygen atoms in total. The molecule has 0 saturated heterocycles. The van der Waals surface area contributed by atoms with Crippen LogP contribution >= 0.6 is 11.3 Å². The molecule has 1 aromatic rings. The first-order chi connectivity index (χ1) is 8.44. The maximum Gasteiger partial charge on any atom is 0.305 e. The van der Waals surface area contributed by atoms with Gasteiger partial charge in [-0.15, -0.1) is 0 Å². The zero-order valence-electron chi connectivity index (χ0n) is 10.1. The summed E-state index contributed by atoms with van der Waals surface area (Å²) in [4.78, 5) is 13.3. The van der Waals surface area contributed by atoms with Gasteiger partial charge in [0.25, 0.3) is 10.0 Å². The van der Waals surface area contributed by atoms with Gasteiger partial charge >= 0.3 is 4.87 Å². The average molecular weight is 291 g/mol. The minimum Gasteiger partial charge on any atom is -0.330 e. The molecule has 2 unspecified atom stereocenters. The number of nitrogens with two attached hydrogens (primary N) is 1. The van der Waals surface area contributed by atoms with E-state index in [4.69, 9.17) is 5.73 Å². The summed E-state index contributed by atoms with van der Waals surface area (Å²) in [7, 11) is -3.61. The maximum atomic E-state index is 12.2. The van der Waals surface area contributed by atoms with Crippen molar-refractivity contribution in [2.24, 2.45) is 11.7 Å². The first kappa shape index (κ1) is 13.7. The molecule has 8 heteroatoms. The van der Waals surface area contributed by atoms with E-state index >= 15 is 0 Å². The Morgan fingerprint density at radius 1 is 1.50 bits per heavy atom. The molecular weight excluding hydrogens is 274 g/mol. The predicted octanol–water partition coefficient (Wildman–Crippen LogP) is 0.151. The van der Waals surface area contributed by atoms with Gasteiger partial charge in [-0.05, 0) is 32.2 Å². The number of aromatic nitrogens is 1. The van der Waals surface area contributed by atoms with Gasteiger partial charge < -0.3 is 10.7 Å². The lowest BCUT2D eigenvalue weighted by molar-refractivity contribution is 0.453. The van der Waals surface area contributed by atoms with Gasteiger partial charge in [-0.3, -0.25) is 4.79 Å². The molecule has 2 rings (SSSR count). The molecule has 1 aliphatic carbocycles. The van der Waals surface area contributed by atoms with Crippen molar-refractivity contribution < 1.29 is 8.42 Å². The first-order valence-corrected chi connectivity index (χ1v) is 8.16. The van der Waals surface area contributed by atoms with E-state index in [2.05, 4.69) is 9.71 Å². The van der Waals surface area contributed by atoms with E-state index < -0.39 is 10.0 Å². The average Bonchev–Trinajstić information content (AvgIpc) is 2.84. The quantitative estimate of drug-likeness (QED) is 0.734. The third-order valence-corrected chi connectivity index (χ3v) is 6.39. The zero-order valence-corrected chi connectivity index (χ0v) is 11.7. The van der Waals surface area contributed by atoms with E-state index in [-0.39, 0.29) is 21.0 Å². The molecule has 1 fully saturated rings. The number of hydrogen-bond donors (Lipinski definition) is 3. The minimum atomic E-state index is -3.61. The maximum absolute atomic E-state index is 12.2. The van der Waals surface area contributed by atoms with Gasteiger partial charge in [-0.25, -0.2) is 13.1 Å². The molecule has 0 bridgehead atoms. The van der Waals surface area contributed by atoms with Gasteiger partial charge in [0.1, 0.15) is 0 Å². The molecule has 1 aliphatic rings. The second-order valence-electron chi connectivity index (χ2n) is 4.58. The molecule has 18 heavy (non-hydrogen) atoms. The van der Waals surface area contributed by atoms with Crippen molar-refractivity contribution in [3.05, 3.63) is 15.4 Å². The number of aryl methyl sites for hydroxylation is 1. The highest BCUT2D eigenvalue weighted by molar-refractivity contribution is 7.91. The highest BCUT2D eigenvalue weighted by atomic mass is 32.2. The molecule has 0 aliphatic heterocycles. The molecule has 0 amide bonds. The van der Waals surface area contributed by atoms with Crippen LogP contribution < -0.4 is 15.3 Å². The molecular formula is C10H17N3O3S2. The fraction of sp³-hybridized carbons (Fsp3) is 0.700. The largest absolute Gasteiger partial charge is 0.330 e. The van der Waals surface area contributed by atoms with Crippen molar-refractivity contribution in [1.82, 2.24) is 9.71 Å². The lowest BCUT2D eigenvalue weighted by Crippen LogP contribution is -2.39. The van der Waals surface area contributed by atoms with Gasteiger partial charge in [0.05, 0.1) is 0 Å². The molecule has 4 N–H and O–H groups in total. The number of hydrogen-bond acceptors (Lipinski definition) is 5. The highest BCUT2D eigenvalue weighted by Crippen LogP contribution is 2.27. The van der Waals surface area contributed by atoms with Crippen molar-refractivity contribution in [3.8, 4) is 0 Å². The van der Waals surface area contributed by atoms with Gasteiger partial charge in [0.15, 0.2) is 4.21 Å². The van der Waals surface area contributed by atoms with Crippen molar-refractivity contribution in [2.75, 3.05) is 6.54 Å². The summed E-state index contributed by atoms with van der Waals surface area (Å²) in [6, 6.07) is -0.114. The SMILES string of the molecule is Cc1[nH]c(=O)sc1S(=O)(=O)NC1CCCC1CN. The number of sulfonamides is 1. The van der Waals surface area contributed by atoms with E-state index in [1.807, 2.05) is 0 Å². The standard InChI is InChI=1S/C10H17N3O3S2/c1-6-9(17-10(14)12-6)18(15,16)13-8-4-2-3-7(8)5-11/h7-8,13H,2-5,11H2,1H3,(H,12,14). The van der Waals surface area contributed by atoms with Gasteiger partial charge in [-0.2, -0.15) is 0 Å². The Kier molecular flexibility index (Phi) is 3.90. The topological polar surface area (TPSA) is 105 Å². The second-order valence-corrected chi connectivity index (χ2v) is 7.47. The first-order valence-electron chi connectivity index (χ1n) is 5.86. The molecule has 0 spiro atoms. The van der Waals surface area contributed by atoms with Crippen molar-refractivity contribution in [3.63, 3.8) is 0 Å². The smallest absolute Gasteiger partial charge is 0.305 e. The third-order valence-electron chi connectivity index (χ3n) is 3.29. The van der Waals surface area contributed by atoms with Crippen LogP contribution in [0.25, 0.3) is 0 Å². The fourth-order valence-corrected chi connectivity index (χ4v) is 5.03. The zero-order chi connectivity index (χ0) is 13.3. The van der Waals surface area contributed by atoms with E-state index in [1.54, 1.807) is 6.92 Å². The number of H-pyrrole nitrogens is 1. The summed E-state index contributed by atoms with van der Waals surface area (Å²) in [5.74, 6) is 0.191. The number of rotatable bonds is 4. The lowest BCUT2D eigenvalue weighted by atomic mass is 10.1. The van der Waals surface area contributed by atoms with Gasteiger partial charge in [-0.1, -0.05) is 17.8 Å². The number of thiazole rings is 1. The number of nitrogens with one attached hydrogen (secondary N) is 2. The van der Waals surface area contributed by atoms with Crippen molar-refractivity contribution in [1.29, 1.82) is 0 Å². The van der Waals surface area contributed by atoms with Crippen LogP contribution in [0.5, 0.6) is 0 Å². The van der Waals surface area contributed by atoms with Crippen molar-refractivity contribution in [2.45, 2.75) is 36.4 Å². The highest BCUT2D eigenvalue weighted by Gasteiger charge is 2.31. The van der Waals surface area contributed by atoms with Crippen LogP contribution in [0, 0.1) is 12.8 Å². The Labute approximate surface area is 110 Å². The molecule has 1 aromatic heterocycles. The van der Waals surface area contributed by atoms with E-state index in [9.17, 15) is 13.2 Å². The van der Waals surface area contributed by atoms with Crippen LogP contribution in [0.2, 0.25) is 0 Å². The summed E-state index contributed by atoms with van der Waals surface area (Å²) < 4.78 is 27.1. The molecule has 102 valence electrons. The van der Waals surface area contributed by atoms with Crippen LogP contribution in [-0.2, 0) is 10.0 Å². The van der Waals surface area contributed by atoms with E-state index in [0.717, 1.165) is 30.6 Å². The monoisotopic (exact) mass is 291 g/mol. The van der Waals surface area contributed by atoms with Crippen LogP contribution in [-0.4, -0.2) is 26.0 Å². The van der Waals surface area contributed by atoms with Crippen molar-refractivity contribution >= 4 is 21.4 Å². The van der Waals surface area contributed by atoms with Crippen LogP contribution in [0.4, 0.5) is 0 Å². The molecule has 0 aromatic carbocycles. The third kappa shape index (κ3) is 2.66. The summed E-state index contributed by atoms with van der Waals surface area (Å²) in [6.45, 7) is 2.07. The van der Waals surface area contributed by atoms with Crippen LogP contribution in [0.3, 0.4) is 0 Å². The summed E-state index contributed by atoms with van der Waals surface area (Å²) in [5.41, 5.74) is 6.02. The predicted molar refractivity (Wildman–Crippen MR) is 70.2 cm³/mol. The summed E-state index contributed by atoms with van der Waals surface area (Å²) >= 11 is 0.721. The number of aromatic amines is 1. The fourth-order valence-electron chi connectivity index (χ4n) is 2.37. The second kappa shape index (κ2) is 5.12. The van der Waals surface area contributed by atoms with Crippen LogP contribution in [0.15, 0.2) is 9.00 Å². The summed E-state index contributed by atoms with van der Waals surface area (Å²) in [6.07, 6.45) is 2.74. The minimum absolute atomic E-state index is 0.0789. The molecule has 0 radical (unpaired) electrons. The molecule has 2 atom stereocenters. The Hall–Kier alpha value is -0.700. The Bertz CT molecular complexity index is 575. The normalized spacial score (nSPS) is 24.6. The Balaban J connectivity index is 2.22. The molecule has 1 heterocycles. The van der Waals surface area contributed by atoms with Gasteiger partial charge in [0, 0.05) is 11.7 Å². The van der Waals surface area contributed by atoms with Crippen LogP contribution in [0.1, 0.15) is 25.0 Å². The summed E-state index contributed by atoms with van der Waals surface area (Å²) in [5, 5.41) is 0. The van der Waals surface area contributed by atoms with E-state index in [1.165, 1.54) is 0 Å². The Morgan fingerprint density at radius 2 is 2.22 bits per heavy atom. The Morgan fingerprint density at radius 3 is 2.78 bits per heavy atom. The lowest BCUT2D eigenvalue weighted by Gasteiger charge is -2.18. The van der Waals surface area contributed by atoms with E-state index in [0.29, 0.717) is 12.2 Å². The van der Waals surface area contributed by atoms with Gasteiger partial charge in [0.2, 0.25) is 0 Å².